The maximum absolute atomic E-state index is 12.0. The molecule has 0 spiro atoms. The molecule has 0 atom stereocenters. The molecule has 0 radical (unpaired) electrons. The molecule has 0 aromatic heterocycles. The highest BCUT2D eigenvalue weighted by molar-refractivity contribution is 5.76. The minimum Gasteiger partial charge on any atom is -0.450 e. The van der Waals surface area contributed by atoms with E-state index in [0.717, 1.165) is 5.56 Å². The summed E-state index contributed by atoms with van der Waals surface area (Å²) in [5.74, 6) is 0. The molecule has 6 nitrogen and oxygen atoms in total. The molecule has 1 aliphatic rings. The summed E-state index contributed by atoms with van der Waals surface area (Å²) >= 11 is 0. The summed E-state index contributed by atoms with van der Waals surface area (Å²) in [5, 5.41) is 2.74. The minimum atomic E-state index is -0.313. The van der Waals surface area contributed by atoms with Crippen LogP contribution in [0.3, 0.4) is 0 Å². The third kappa shape index (κ3) is 4.51. The van der Waals surface area contributed by atoms with E-state index in [0.29, 0.717) is 32.8 Å². The van der Waals surface area contributed by atoms with E-state index in [4.69, 9.17) is 4.74 Å². The highest BCUT2D eigenvalue weighted by Crippen LogP contribution is 2.04. The SMILES string of the molecule is CCOC(=O)N1CCN(C(=O)N/C=C/c2ccccc2)CC1. The van der Waals surface area contributed by atoms with Crippen LogP contribution < -0.4 is 5.32 Å². The van der Waals surface area contributed by atoms with Gasteiger partial charge >= 0.3 is 12.1 Å². The fourth-order valence-electron chi connectivity index (χ4n) is 2.17. The third-order valence-electron chi connectivity index (χ3n) is 3.38. The molecule has 0 bridgehead atoms. The fourth-order valence-corrected chi connectivity index (χ4v) is 2.17. The first-order chi connectivity index (χ1) is 10.7. The van der Waals surface area contributed by atoms with E-state index in [1.807, 2.05) is 36.4 Å². The topological polar surface area (TPSA) is 61.9 Å². The Balaban J connectivity index is 1.75. The van der Waals surface area contributed by atoms with Crippen molar-refractivity contribution in [3.8, 4) is 0 Å². The number of ether oxygens (including phenoxy) is 1. The van der Waals surface area contributed by atoms with E-state index in [9.17, 15) is 9.59 Å². The van der Waals surface area contributed by atoms with E-state index in [-0.39, 0.29) is 12.1 Å². The van der Waals surface area contributed by atoms with Gasteiger partial charge in [-0.3, -0.25) is 0 Å². The van der Waals surface area contributed by atoms with Crippen LogP contribution >= 0.6 is 0 Å². The predicted octanol–water partition coefficient (Wildman–Crippen LogP) is 2.14. The predicted molar refractivity (Wildman–Crippen MR) is 84.2 cm³/mol. The average Bonchev–Trinajstić information content (AvgIpc) is 2.56. The maximum Gasteiger partial charge on any atom is 0.409 e. The number of carbonyl (C=O) groups excluding carboxylic acids is 2. The molecule has 1 saturated heterocycles. The van der Waals surface area contributed by atoms with Crippen molar-refractivity contribution in [3.63, 3.8) is 0 Å². The van der Waals surface area contributed by atoms with Crippen LogP contribution in [-0.4, -0.2) is 54.7 Å². The molecule has 1 aromatic rings. The second-order valence-corrected chi connectivity index (χ2v) is 4.87. The van der Waals surface area contributed by atoms with E-state index in [1.165, 1.54) is 0 Å². The van der Waals surface area contributed by atoms with Crippen LogP contribution in [-0.2, 0) is 4.74 Å². The summed E-state index contributed by atoms with van der Waals surface area (Å²) in [6, 6.07) is 9.59. The Labute approximate surface area is 130 Å². The van der Waals surface area contributed by atoms with Gasteiger partial charge in [0.1, 0.15) is 0 Å². The van der Waals surface area contributed by atoms with Gasteiger partial charge in [-0.1, -0.05) is 30.3 Å². The van der Waals surface area contributed by atoms with Crippen LogP contribution in [0.4, 0.5) is 9.59 Å². The molecule has 1 heterocycles. The average molecular weight is 303 g/mol. The van der Waals surface area contributed by atoms with Gasteiger partial charge in [0.2, 0.25) is 0 Å². The lowest BCUT2D eigenvalue weighted by Crippen LogP contribution is -2.52. The highest BCUT2D eigenvalue weighted by atomic mass is 16.6. The largest absolute Gasteiger partial charge is 0.450 e. The normalized spacial score (nSPS) is 15.0. The van der Waals surface area contributed by atoms with E-state index in [2.05, 4.69) is 5.32 Å². The van der Waals surface area contributed by atoms with E-state index >= 15 is 0 Å². The van der Waals surface area contributed by atoms with Crippen molar-refractivity contribution in [2.45, 2.75) is 6.92 Å². The van der Waals surface area contributed by atoms with Gasteiger partial charge < -0.3 is 19.9 Å². The van der Waals surface area contributed by atoms with Crippen molar-refractivity contribution in [1.29, 1.82) is 0 Å². The molecule has 1 fully saturated rings. The van der Waals surface area contributed by atoms with Crippen molar-refractivity contribution in [2.24, 2.45) is 0 Å². The standard InChI is InChI=1S/C16H21N3O3/c1-2-22-16(21)19-12-10-18(11-13-19)15(20)17-9-8-14-6-4-3-5-7-14/h3-9H,2,10-13H2,1H3,(H,17,20)/b9-8+. The number of carbonyl (C=O) groups is 2. The molecular formula is C16H21N3O3. The number of hydrogen-bond acceptors (Lipinski definition) is 3. The zero-order chi connectivity index (χ0) is 15.8. The molecule has 1 aromatic carbocycles. The molecule has 3 amide bonds. The van der Waals surface area contributed by atoms with Gasteiger partial charge in [0, 0.05) is 32.4 Å². The van der Waals surface area contributed by atoms with Crippen LogP contribution in [0, 0.1) is 0 Å². The Hall–Kier alpha value is -2.50. The molecule has 1 aliphatic heterocycles. The van der Waals surface area contributed by atoms with Crippen molar-refractivity contribution >= 4 is 18.2 Å². The molecule has 0 saturated carbocycles. The van der Waals surface area contributed by atoms with Crippen molar-refractivity contribution in [2.75, 3.05) is 32.8 Å². The molecule has 22 heavy (non-hydrogen) atoms. The van der Waals surface area contributed by atoms with Crippen molar-refractivity contribution < 1.29 is 14.3 Å². The molecule has 0 unspecified atom stereocenters. The zero-order valence-corrected chi connectivity index (χ0v) is 12.7. The highest BCUT2D eigenvalue weighted by Gasteiger charge is 2.24. The Morgan fingerprint density at radius 1 is 1.14 bits per heavy atom. The first-order valence-corrected chi connectivity index (χ1v) is 7.39. The van der Waals surface area contributed by atoms with Crippen LogP contribution in [0.25, 0.3) is 6.08 Å². The number of benzene rings is 1. The lowest BCUT2D eigenvalue weighted by Gasteiger charge is -2.33. The van der Waals surface area contributed by atoms with Crippen LogP contribution in [0.5, 0.6) is 0 Å². The van der Waals surface area contributed by atoms with Gasteiger partial charge in [0.25, 0.3) is 0 Å². The number of nitrogens with one attached hydrogen (secondary N) is 1. The zero-order valence-electron chi connectivity index (χ0n) is 12.7. The molecule has 1 N–H and O–H groups in total. The maximum atomic E-state index is 12.0. The number of amides is 3. The molecular weight excluding hydrogens is 282 g/mol. The van der Waals surface area contributed by atoms with Gasteiger partial charge in [-0.15, -0.1) is 0 Å². The Morgan fingerprint density at radius 2 is 1.77 bits per heavy atom. The summed E-state index contributed by atoms with van der Waals surface area (Å²) < 4.78 is 4.95. The fraction of sp³-hybridized carbons (Fsp3) is 0.375. The van der Waals surface area contributed by atoms with Crippen LogP contribution in [0.1, 0.15) is 12.5 Å². The summed E-state index contributed by atoms with van der Waals surface area (Å²) in [7, 11) is 0. The Morgan fingerprint density at radius 3 is 2.41 bits per heavy atom. The molecule has 2 rings (SSSR count). The summed E-state index contributed by atoms with van der Waals surface area (Å²) in [5.41, 5.74) is 1.02. The monoisotopic (exact) mass is 303 g/mol. The van der Waals surface area contributed by atoms with Gasteiger partial charge in [0.15, 0.2) is 0 Å². The quantitative estimate of drug-likeness (QED) is 0.930. The minimum absolute atomic E-state index is 0.157. The van der Waals surface area contributed by atoms with Crippen LogP contribution in [0.15, 0.2) is 36.5 Å². The Bertz CT molecular complexity index is 523. The molecule has 6 heteroatoms. The van der Waals surface area contributed by atoms with Gasteiger partial charge in [-0.05, 0) is 18.6 Å². The van der Waals surface area contributed by atoms with Gasteiger partial charge in [-0.2, -0.15) is 0 Å². The number of nitrogens with zero attached hydrogens (tertiary/aromatic N) is 2. The second-order valence-electron chi connectivity index (χ2n) is 4.87. The lowest BCUT2D eigenvalue weighted by atomic mass is 10.2. The summed E-state index contributed by atoms with van der Waals surface area (Å²) in [6.07, 6.45) is 3.16. The third-order valence-corrected chi connectivity index (χ3v) is 3.38. The van der Waals surface area contributed by atoms with Gasteiger partial charge in [0.05, 0.1) is 6.61 Å². The molecule has 0 aliphatic carbocycles. The molecule has 118 valence electrons. The van der Waals surface area contributed by atoms with E-state index < -0.39 is 0 Å². The van der Waals surface area contributed by atoms with Crippen molar-refractivity contribution in [3.05, 3.63) is 42.1 Å². The lowest BCUT2D eigenvalue weighted by molar-refractivity contribution is 0.0856. The van der Waals surface area contributed by atoms with Crippen LogP contribution in [0.2, 0.25) is 0 Å². The first-order valence-electron chi connectivity index (χ1n) is 7.39. The van der Waals surface area contributed by atoms with E-state index in [1.54, 1.807) is 22.9 Å². The first kappa shape index (κ1) is 15.9. The smallest absolute Gasteiger partial charge is 0.409 e. The number of hydrogen-bond donors (Lipinski definition) is 1. The summed E-state index contributed by atoms with van der Waals surface area (Å²) in [4.78, 5) is 26.9. The Kier molecular flexibility index (Phi) is 5.82. The number of urea groups is 1. The van der Waals surface area contributed by atoms with Gasteiger partial charge in [-0.25, -0.2) is 9.59 Å². The second kappa shape index (κ2) is 8.07. The number of rotatable bonds is 3. The summed E-state index contributed by atoms with van der Waals surface area (Å²) in [6.45, 7) is 4.14. The van der Waals surface area contributed by atoms with Crippen molar-refractivity contribution in [1.82, 2.24) is 15.1 Å². The number of piperazine rings is 1.